The topological polar surface area (TPSA) is 42.2 Å². The molecule has 3 rings (SSSR count). The van der Waals surface area contributed by atoms with Crippen LogP contribution in [0.1, 0.15) is 16.8 Å². The average molecular weight is 325 g/mol. The van der Waals surface area contributed by atoms with Gasteiger partial charge in [0.25, 0.3) is 0 Å². The second-order valence-electron chi connectivity index (χ2n) is 5.22. The highest BCUT2D eigenvalue weighted by molar-refractivity contribution is 6.32. The van der Waals surface area contributed by atoms with Crippen LogP contribution in [-0.2, 0) is 0 Å². The van der Waals surface area contributed by atoms with Crippen molar-refractivity contribution in [3.8, 4) is 5.69 Å². The lowest BCUT2D eigenvalue weighted by Crippen LogP contribution is -1.96. The Morgan fingerprint density at radius 2 is 1.74 bits per heavy atom. The second-order valence-corrected chi connectivity index (χ2v) is 5.58. The van der Waals surface area contributed by atoms with Gasteiger partial charge in [-0.2, -0.15) is 10.2 Å². The van der Waals surface area contributed by atoms with Crippen LogP contribution in [0, 0.1) is 13.8 Å². The molecule has 4 nitrogen and oxygen atoms in total. The van der Waals surface area contributed by atoms with Crippen LogP contribution in [0.4, 0.5) is 5.69 Å². The molecule has 0 amide bonds. The predicted molar refractivity (Wildman–Crippen MR) is 95.7 cm³/mol. The van der Waals surface area contributed by atoms with Crippen molar-refractivity contribution in [3.05, 3.63) is 76.6 Å². The van der Waals surface area contributed by atoms with Crippen molar-refractivity contribution < 1.29 is 0 Å². The number of halogens is 1. The van der Waals surface area contributed by atoms with Gasteiger partial charge in [-0.05, 0) is 37.6 Å². The SMILES string of the molecule is Cc1ccccc1N/N=C\c1c(C)nn(-c2ccccc2)c1Cl. The Morgan fingerprint density at radius 1 is 1.04 bits per heavy atom. The largest absolute Gasteiger partial charge is 0.278 e. The summed E-state index contributed by atoms with van der Waals surface area (Å²) in [4.78, 5) is 0. The van der Waals surface area contributed by atoms with Gasteiger partial charge in [-0.1, -0.05) is 48.0 Å². The number of nitrogens with zero attached hydrogens (tertiary/aromatic N) is 3. The fourth-order valence-corrected chi connectivity index (χ4v) is 2.58. The highest BCUT2D eigenvalue weighted by Crippen LogP contribution is 2.22. The van der Waals surface area contributed by atoms with Gasteiger partial charge in [0.05, 0.1) is 28.8 Å². The van der Waals surface area contributed by atoms with Crippen molar-refractivity contribution in [2.45, 2.75) is 13.8 Å². The highest BCUT2D eigenvalue weighted by atomic mass is 35.5. The van der Waals surface area contributed by atoms with E-state index in [0.29, 0.717) is 5.15 Å². The predicted octanol–water partition coefficient (Wildman–Crippen LogP) is 4.59. The van der Waals surface area contributed by atoms with E-state index in [0.717, 1.165) is 28.2 Å². The summed E-state index contributed by atoms with van der Waals surface area (Å²) < 4.78 is 1.71. The summed E-state index contributed by atoms with van der Waals surface area (Å²) in [6, 6.07) is 17.8. The van der Waals surface area contributed by atoms with Gasteiger partial charge >= 0.3 is 0 Å². The number of hydrogen-bond acceptors (Lipinski definition) is 3. The van der Waals surface area contributed by atoms with Crippen molar-refractivity contribution in [2.75, 3.05) is 5.43 Å². The fourth-order valence-electron chi connectivity index (χ4n) is 2.26. The van der Waals surface area contributed by atoms with E-state index in [2.05, 4.69) is 15.6 Å². The maximum absolute atomic E-state index is 6.46. The molecule has 0 atom stereocenters. The van der Waals surface area contributed by atoms with Gasteiger partial charge in [-0.3, -0.25) is 5.43 Å². The number of hydrazone groups is 1. The summed E-state index contributed by atoms with van der Waals surface area (Å²) in [6.45, 7) is 3.95. The van der Waals surface area contributed by atoms with Gasteiger partial charge < -0.3 is 0 Å². The van der Waals surface area contributed by atoms with Crippen LogP contribution in [0.15, 0.2) is 59.7 Å². The van der Waals surface area contributed by atoms with Crippen molar-refractivity contribution in [2.24, 2.45) is 5.10 Å². The average Bonchev–Trinajstić information content (AvgIpc) is 2.85. The van der Waals surface area contributed by atoms with E-state index in [4.69, 9.17) is 11.6 Å². The Balaban J connectivity index is 1.85. The molecule has 0 fully saturated rings. The molecule has 2 aromatic carbocycles. The molecule has 23 heavy (non-hydrogen) atoms. The quantitative estimate of drug-likeness (QED) is 0.563. The number of aryl methyl sites for hydroxylation is 2. The van der Waals surface area contributed by atoms with Crippen LogP contribution in [0.3, 0.4) is 0 Å². The summed E-state index contributed by atoms with van der Waals surface area (Å²) in [5.74, 6) is 0. The maximum Gasteiger partial charge on any atom is 0.142 e. The Bertz CT molecular complexity index is 837. The third-order valence-corrected chi connectivity index (χ3v) is 3.94. The van der Waals surface area contributed by atoms with Crippen LogP contribution in [-0.4, -0.2) is 16.0 Å². The van der Waals surface area contributed by atoms with Gasteiger partial charge in [-0.25, -0.2) is 4.68 Å². The zero-order chi connectivity index (χ0) is 16.2. The third-order valence-electron chi connectivity index (χ3n) is 3.57. The van der Waals surface area contributed by atoms with E-state index in [1.54, 1.807) is 10.9 Å². The molecule has 0 saturated heterocycles. The number of anilines is 1. The summed E-state index contributed by atoms with van der Waals surface area (Å²) >= 11 is 6.46. The van der Waals surface area contributed by atoms with Gasteiger partial charge in [-0.15, -0.1) is 0 Å². The molecule has 0 aliphatic rings. The first-order valence-electron chi connectivity index (χ1n) is 7.32. The van der Waals surface area contributed by atoms with E-state index < -0.39 is 0 Å². The molecule has 1 N–H and O–H groups in total. The molecular weight excluding hydrogens is 308 g/mol. The molecule has 0 unspecified atom stereocenters. The Labute approximate surface area is 140 Å². The minimum Gasteiger partial charge on any atom is -0.278 e. The lowest BCUT2D eigenvalue weighted by Gasteiger charge is -2.03. The van der Waals surface area contributed by atoms with E-state index in [1.165, 1.54) is 0 Å². The zero-order valence-electron chi connectivity index (χ0n) is 13.0. The molecule has 5 heteroatoms. The van der Waals surface area contributed by atoms with Crippen LogP contribution < -0.4 is 5.43 Å². The summed E-state index contributed by atoms with van der Waals surface area (Å²) in [5.41, 5.74) is 7.69. The monoisotopic (exact) mass is 324 g/mol. The third kappa shape index (κ3) is 3.27. The maximum atomic E-state index is 6.46. The molecule has 116 valence electrons. The van der Waals surface area contributed by atoms with Crippen LogP contribution in [0.5, 0.6) is 0 Å². The van der Waals surface area contributed by atoms with Crippen LogP contribution in [0.2, 0.25) is 5.15 Å². The second kappa shape index (κ2) is 6.67. The zero-order valence-corrected chi connectivity index (χ0v) is 13.7. The van der Waals surface area contributed by atoms with E-state index in [1.807, 2.05) is 68.4 Å². The minimum absolute atomic E-state index is 0.545. The van der Waals surface area contributed by atoms with E-state index >= 15 is 0 Å². The molecule has 1 heterocycles. The molecule has 3 aromatic rings. The van der Waals surface area contributed by atoms with Crippen LogP contribution >= 0.6 is 11.6 Å². The molecule has 0 radical (unpaired) electrons. The molecule has 0 spiro atoms. The fraction of sp³-hybridized carbons (Fsp3) is 0.111. The Hall–Kier alpha value is -2.59. The van der Waals surface area contributed by atoms with Gasteiger partial charge in [0.2, 0.25) is 0 Å². The van der Waals surface area contributed by atoms with Crippen molar-refractivity contribution >= 4 is 23.5 Å². The molecular formula is C18H17ClN4. The normalized spacial score (nSPS) is 11.1. The van der Waals surface area contributed by atoms with Crippen molar-refractivity contribution in [3.63, 3.8) is 0 Å². The Morgan fingerprint density at radius 3 is 2.48 bits per heavy atom. The van der Waals surface area contributed by atoms with Gasteiger partial charge in [0, 0.05) is 0 Å². The smallest absolute Gasteiger partial charge is 0.142 e. The lowest BCUT2D eigenvalue weighted by molar-refractivity contribution is 0.863. The van der Waals surface area contributed by atoms with Crippen molar-refractivity contribution in [1.82, 2.24) is 9.78 Å². The molecule has 1 aromatic heterocycles. The number of para-hydroxylation sites is 2. The number of hydrogen-bond donors (Lipinski definition) is 1. The lowest BCUT2D eigenvalue weighted by atomic mass is 10.2. The highest BCUT2D eigenvalue weighted by Gasteiger charge is 2.12. The first-order valence-corrected chi connectivity index (χ1v) is 7.70. The number of nitrogens with one attached hydrogen (secondary N) is 1. The Kier molecular flexibility index (Phi) is 4.44. The van der Waals surface area contributed by atoms with E-state index in [9.17, 15) is 0 Å². The molecule has 0 aliphatic carbocycles. The molecule has 0 bridgehead atoms. The number of rotatable bonds is 4. The summed E-state index contributed by atoms with van der Waals surface area (Å²) in [7, 11) is 0. The first-order chi connectivity index (χ1) is 11.2. The number of aromatic nitrogens is 2. The first kappa shape index (κ1) is 15.3. The van der Waals surface area contributed by atoms with Crippen LogP contribution in [0.25, 0.3) is 5.69 Å². The van der Waals surface area contributed by atoms with Gasteiger partial charge in [0.1, 0.15) is 5.15 Å². The summed E-state index contributed by atoms with van der Waals surface area (Å²) in [5, 5.41) is 9.32. The van der Waals surface area contributed by atoms with Crippen molar-refractivity contribution in [1.29, 1.82) is 0 Å². The summed E-state index contributed by atoms with van der Waals surface area (Å²) in [6.07, 6.45) is 1.70. The number of benzene rings is 2. The minimum atomic E-state index is 0.545. The van der Waals surface area contributed by atoms with Gasteiger partial charge in [0.15, 0.2) is 0 Å². The van der Waals surface area contributed by atoms with E-state index in [-0.39, 0.29) is 0 Å². The standard InChI is InChI=1S/C18H17ClN4/c1-13-8-6-7-11-17(13)21-20-12-16-14(2)22-23(18(16)19)15-9-4-3-5-10-15/h3-12,21H,1-2H3/b20-12-. The molecule has 0 saturated carbocycles. The molecule has 0 aliphatic heterocycles.